The second-order valence-electron chi connectivity index (χ2n) is 11.4. The van der Waals surface area contributed by atoms with Crippen molar-refractivity contribution in [3.8, 4) is 0 Å². The number of aliphatic hydroxyl groups excluding tert-OH is 1. The molecule has 0 saturated heterocycles. The number of nitrogens with one attached hydrogen (secondary N) is 3. The van der Waals surface area contributed by atoms with Gasteiger partial charge in [0.25, 0.3) is 11.8 Å². The van der Waals surface area contributed by atoms with Gasteiger partial charge in [-0.2, -0.15) is 0 Å². The van der Waals surface area contributed by atoms with E-state index in [9.17, 15) is 23.1 Å². The molecule has 4 aromatic rings. The van der Waals surface area contributed by atoms with E-state index < -0.39 is 21.8 Å². The Kier molecular flexibility index (Phi) is 12.1. The van der Waals surface area contributed by atoms with Crippen LogP contribution in [0.5, 0.6) is 0 Å². The minimum Gasteiger partial charge on any atom is -0.395 e. The van der Waals surface area contributed by atoms with E-state index >= 15 is 0 Å². The molecule has 0 aliphatic carbocycles. The highest BCUT2D eigenvalue weighted by molar-refractivity contribution is 7.92. The van der Waals surface area contributed by atoms with Crippen molar-refractivity contribution in [1.82, 2.24) is 16.0 Å². The summed E-state index contributed by atoms with van der Waals surface area (Å²) >= 11 is 0. The number of sulfonamides is 1. The fourth-order valence-electron chi connectivity index (χ4n) is 5.10. The smallest absolute Gasteiger partial charge is 0.251 e. The zero-order valence-corrected chi connectivity index (χ0v) is 27.2. The van der Waals surface area contributed by atoms with Gasteiger partial charge in [-0.15, -0.1) is 0 Å². The number of hydrogen-bond acceptors (Lipinski definition) is 6. The Hall–Kier alpha value is -4.51. The van der Waals surface area contributed by atoms with Gasteiger partial charge in [-0.25, -0.2) is 8.42 Å². The Bertz CT molecular complexity index is 1690. The van der Waals surface area contributed by atoms with E-state index in [2.05, 4.69) is 16.0 Å². The average molecular weight is 643 g/mol. The second-order valence-corrected chi connectivity index (χ2v) is 13.5. The van der Waals surface area contributed by atoms with E-state index in [1.165, 1.54) is 25.2 Å². The molecule has 46 heavy (non-hydrogen) atoms. The molecule has 9 nitrogen and oxygen atoms in total. The number of carbonyl (C=O) groups excluding carboxylic acids is 2. The van der Waals surface area contributed by atoms with Crippen LogP contribution in [0.15, 0.2) is 109 Å². The van der Waals surface area contributed by atoms with Crippen LogP contribution in [0.2, 0.25) is 0 Å². The fraction of sp³-hybridized carbons (Fsp3) is 0.278. The maximum atomic E-state index is 13.8. The number of carbonyl (C=O) groups is 2. The lowest BCUT2D eigenvalue weighted by Crippen LogP contribution is -2.47. The predicted octanol–water partition coefficient (Wildman–Crippen LogP) is 4.11. The molecule has 3 atom stereocenters. The molecule has 0 saturated carbocycles. The highest BCUT2D eigenvalue weighted by atomic mass is 32.2. The van der Waals surface area contributed by atoms with Crippen molar-refractivity contribution in [2.75, 3.05) is 30.8 Å². The van der Waals surface area contributed by atoms with Gasteiger partial charge >= 0.3 is 0 Å². The van der Waals surface area contributed by atoms with Crippen molar-refractivity contribution in [3.05, 3.63) is 137 Å². The van der Waals surface area contributed by atoms with Gasteiger partial charge in [0.1, 0.15) is 0 Å². The van der Waals surface area contributed by atoms with E-state index in [1.807, 2.05) is 97.9 Å². The van der Waals surface area contributed by atoms with Gasteiger partial charge in [-0.1, -0.05) is 91.0 Å². The van der Waals surface area contributed by atoms with Crippen molar-refractivity contribution in [2.45, 2.75) is 37.9 Å². The topological polar surface area (TPSA) is 128 Å². The lowest BCUT2D eigenvalue weighted by Gasteiger charge is -2.24. The minimum absolute atomic E-state index is 0.0827. The molecule has 242 valence electrons. The van der Waals surface area contributed by atoms with Crippen LogP contribution in [0, 0.1) is 0 Å². The van der Waals surface area contributed by atoms with E-state index in [-0.39, 0.29) is 41.5 Å². The number of rotatable bonds is 15. The zero-order chi connectivity index (χ0) is 33.1. The van der Waals surface area contributed by atoms with Gasteiger partial charge in [0.15, 0.2) is 0 Å². The molecule has 4 rings (SSSR count). The number of anilines is 1. The minimum atomic E-state index is -3.68. The summed E-state index contributed by atoms with van der Waals surface area (Å²) in [7, 11) is -2.30. The molecule has 0 aromatic heterocycles. The SMILES string of the molecule is CC(NC(=O)c1cc(C(=O)NC(CNC(CO)Cc2ccccc2)Cc2ccccc2)cc(N(C)S(C)(=O)=O)c1)c1ccccc1. The van der Waals surface area contributed by atoms with Crippen molar-refractivity contribution >= 4 is 27.5 Å². The van der Waals surface area contributed by atoms with E-state index in [0.29, 0.717) is 19.4 Å². The van der Waals surface area contributed by atoms with Crippen molar-refractivity contribution in [3.63, 3.8) is 0 Å². The molecule has 0 spiro atoms. The maximum Gasteiger partial charge on any atom is 0.251 e. The lowest BCUT2D eigenvalue weighted by atomic mass is 10.0. The van der Waals surface area contributed by atoms with Crippen LogP contribution >= 0.6 is 0 Å². The Morgan fingerprint density at radius 3 is 1.72 bits per heavy atom. The van der Waals surface area contributed by atoms with E-state index in [4.69, 9.17) is 0 Å². The number of hydrogen-bond donors (Lipinski definition) is 4. The Morgan fingerprint density at radius 2 is 1.22 bits per heavy atom. The van der Waals surface area contributed by atoms with Crippen LogP contribution in [-0.4, -0.2) is 63.9 Å². The second kappa shape index (κ2) is 16.2. The highest BCUT2D eigenvalue weighted by Crippen LogP contribution is 2.22. The number of nitrogens with zero attached hydrogens (tertiary/aromatic N) is 1. The Labute approximate surface area is 271 Å². The summed E-state index contributed by atoms with van der Waals surface area (Å²) in [4.78, 5) is 27.2. The molecule has 0 aliphatic heterocycles. The first kappa shape index (κ1) is 34.4. The van der Waals surface area contributed by atoms with Crippen LogP contribution in [0.3, 0.4) is 0 Å². The van der Waals surface area contributed by atoms with Crippen molar-refractivity contribution < 1.29 is 23.1 Å². The molecule has 0 aliphatic rings. The van der Waals surface area contributed by atoms with Gasteiger partial charge in [0.2, 0.25) is 10.0 Å². The zero-order valence-electron chi connectivity index (χ0n) is 26.4. The Morgan fingerprint density at radius 1 is 0.739 bits per heavy atom. The molecule has 4 aromatic carbocycles. The number of benzene rings is 4. The van der Waals surface area contributed by atoms with Crippen LogP contribution in [0.1, 0.15) is 50.4 Å². The van der Waals surface area contributed by atoms with Crippen LogP contribution < -0.4 is 20.3 Å². The first-order valence-electron chi connectivity index (χ1n) is 15.2. The molecule has 2 amide bonds. The van der Waals surface area contributed by atoms with Crippen LogP contribution in [0.4, 0.5) is 5.69 Å². The largest absolute Gasteiger partial charge is 0.395 e. The molecule has 3 unspecified atom stereocenters. The monoisotopic (exact) mass is 642 g/mol. The molecule has 0 bridgehead atoms. The summed E-state index contributed by atoms with van der Waals surface area (Å²) in [6, 6.07) is 32.5. The highest BCUT2D eigenvalue weighted by Gasteiger charge is 2.22. The summed E-state index contributed by atoms with van der Waals surface area (Å²) in [6.07, 6.45) is 2.18. The lowest BCUT2D eigenvalue weighted by molar-refractivity contribution is 0.0934. The fourth-order valence-corrected chi connectivity index (χ4v) is 5.59. The summed E-state index contributed by atoms with van der Waals surface area (Å²) in [5.74, 6) is -0.899. The van der Waals surface area contributed by atoms with Gasteiger partial charge < -0.3 is 21.1 Å². The normalized spacial score (nSPS) is 13.3. The Balaban J connectivity index is 1.58. The average Bonchev–Trinajstić information content (AvgIpc) is 3.06. The molecule has 0 radical (unpaired) electrons. The molecule has 10 heteroatoms. The third kappa shape index (κ3) is 10.00. The first-order valence-corrected chi connectivity index (χ1v) is 17.1. The molecule has 0 fully saturated rings. The summed E-state index contributed by atoms with van der Waals surface area (Å²) in [6.45, 7) is 2.14. The van der Waals surface area contributed by atoms with Crippen LogP contribution in [0.25, 0.3) is 0 Å². The quantitative estimate of drug-likeness (QED) is 0.155. The van der Waals surface area contributed by atoms with Crippen LogP contribution in [-0.2, 0) is 22.9 Å². The maximum absolute atomic E-state index is 13.8. The third-order valence-electron chi connectivity index (χ3n) is 7.81. The van der Waals surface area contributed by atoms with Gasteiger partial charge in [-0.3, -0.25) is 13.9 Å². The predicted molar refractivity (Wildman–Crippen MR) is 182 cm³/mol. The van der Waals surface area contributed by atoms with E-state index in [1.54, 1.807) is 0 Å². The molecule has 0 heterocycles. The van der Waals surface area contributed by atoms with Gasteiger partial charge in [0.05, 0.1) is 24.6 Å². The van der Waals surface area contributed by atoms with E-state index in [0.717, 1.165) is 27.3 Å². The number of aliphatic hydroxyl groups is 1. The van der Waals surface area contributed by atoms with Crippen molar-refractivity contribution in [2.24, 2.45) is 0 Å². The molecule has 4 N–H and O–H groups in total. The van der Waals surface area contributed by atoms with Gasteiger partial charge in [-0.05, 0) is 54.7 Å². The number of amides is 2. The third-order valence-corrected chi connectivity index (χ3v) is 9.01. The standard InChI is InChI=1S/C36H42N4O5S/c1-26(29-17-11-6-12-18-29)38-35(42)30-21-31(23-34(22-30)40(2)46(3,44)45)36(43)39-32(19-27-13-7-4-8-14-27)24-37-33(25-41)20-28-15-9-5-10-16-28/h4-18,21-23,26,32-33,37,41H,19-20,24-25H2,1-3H3,(H,38,42)(H,39,43). The summed E-state index contributed by atoms with van der Waals surface area (Å²) in [5, 5.41) is 19.5. The van der Waals surface area contributed by atoms with Gasteiger partial charge in [0, 0.05) is 36.8 Å². The van der Waals surface area contributed by atoms with Crippen molar-refractivity contribution in [1.29, 1.82) is 0 Å². The molecular formula is C36H42N4O5S. The molecular weight excluding hydrogens is 600 g/mol. The summed E-state index contributed by atoms with van der Waals surface area (Å²) in [5.41, 5.74) is 3.49. The first-order chi connectivity index (χ1) is 22.0. The summed E-state index contributed by atoms with van der Waals surface area (Å²) < 4.78 is 25.9.